The third-order valence-electron chi connectivity index (χ3n) is 4.23. The number of nitrogens with zero attached hydrogens (tertiary/aromatic N) is 6. The van der Waals surface area contributed by atoms with E-state index in [4.69, 9.17) is 4.74 Å². The molecule has 2 aromatic heterocycles. The van der Waals surface area contributed by atoms with Crippen LogP contribution in [-0.2, 0) is 16.1 Å². The van der Waals surface area contributed by atoms with Gasteiger partial charge in [-0.3, -0.25) is 9.69 Å². The topological polar surface area (TPSA) is 115 Å². The van der Waals surface area contributed by atoms with Crippen molar-refractivity contribution in [1.82, 2.24) is 30.5 Å². The number of carbonyl (C=O) groups excluding carboxylic acids is 2. The molecule has 0 saturated carbocycles. The Labute approximate surface area is 168 Å². The van der Waals surface area contributed by atoms with Crippen molar-refractivity contribution in [2.24, 2.45) is 0 Å². The molecule has 0 radical (unpaired) electrons. The minimum atomic E-state index is -0.579. The molecule has 1 unspecified atom stereocenters. The lowest BCUT2D eigenvalue weighted by atomic mass is 10.1. The summed E-state index contributed by atoms with van der Waals surface area (Å²) in [6.45, 7) is 2.22. The SMILES string of the molecule is CC(=O)NCC1CN(c2ccc(-c3csc(Cn4cnnn4)n3)c(F)c2)C(=O)O1. The second-order valence-electron chi connectivity index (χ2n) is 6.35. The minimum Gasteiger partial charge on any atom is -0.442 e. The molecule has 1 aromatic carbocycles. The van der Waals surface area contributed by atoms with Gasteiger partial charge in [-0.25, -0.2) is 18.9 Å². The van der Waals surface area contributed by atoms with Crippen molar-refractivity contribution >= 4 is 29.0 Å². The Bertz CT molecular complexity index is 1040. The average Bonchev–Trinajstić information content (AvgIpc) is 3.42. The molecule has 12 heteroatoms. The predicted molar refractivity (Wildman–Crippen MR) is 101 cm³/mol. The van der Waals surface area contributed by atoms with Crippen LogP contribution in [0.15, 0.2) is 29.9 Å². The van der Waals surface area contributed by atoms with Gasteiger partial charge in [0.25, 0.3) is 0 Å². The number of anilines is 1. The van der Waals surface area contributed by atoms with Gasteiger partial charge in [0.2, 0.25) is 5.91 Å². The van der Waals surface area contributed by atoms with E-state index in [0.717, 1.165) is 5.01 Å². The normalized spacial score (nSPS) is 16.1. The fourth-order valence-corrected chi connectivity index (χ4v) is 3.66. The van der Waals surface area contributed by atoms with Crippen LogP contribution in [0.4, 0.5) is 14.9 Å². The van der Waals surface area contributed by atoms with Crippen LogP contribution >= 0.6 is 11.3 Å². The number of aromatic nitrogens is 5. The van der Waals surface area contributed by atoms with Gasteiger partial charge in [0.1, 0.15) is 23.3 Å². The van der Waals surface area contributed by atoms with E-state index in [2.05, 4.69) is 25.8 Å². The summed E-state index contributed by atoms with van der Waals surface area (Å²) in [5, 5.41) is 16.0. The molecule has 0 aliphatic carbocycles. The van der Waals surface area contributed by atoms with E-state index in [9.17, 15) is 14.0 Å². The van der Waals surface area contributed by atoms with Crippen LogP contribution in [0.5, 0.6) is 0 Å². The van der Waals surface area contributed by atoms with E-state index in [1.807, 2.05) is 0 Å². The molecule has 1 aliphatic rings. The van der Waals surface area contributed by atoms with Crippen molar-refractivity contribution in [3.63, 3.8) is 0 Å². The molecule has 1 N–H and O–H groups in total. The van der Waals surface area contributed by atoms with Crippen LogP contribution < -0.4 is 10.2 Å². The van der Waals surface area contributed by atoms with Crippen LogP contribution in [0.25, 0.3) is 11.3 Å². The van der Waals surface area contributed by atoms with Gasteiger partial charge in [-0.05, 0) is 28.6 Å². The number of nitrogens with one attached hydrogen (secondary N) is 1. The summed E-state index contributed by atoms with van der Waals surface area (Å²) in [6, 6.07) is 4.49. The van der Waals surface area contributed by atoms with E-state index in [1.165, 1.54) is 40.2 Å². The first-order valence-corrected chi connectivity index (χ1v) is 9.55. The Morgan fingerprint density at radius 2 is 2.31 bits per heavy atom. The van der Waals surface area contributed by atoms with Gasteiger partial charge in [-0.15, -0.1) is 16.4 Å². The molecule has 1 saturated heterocycles. The van der Waals surface area contributed by atoms with Gasteiger partial charge in [-0.1, -0.05) is 0 Å². The number of amides is 2. The van der Waals surface area contributed by atoms with Crippen molar-refractivity contribution in [3.8, 4) is 11.3 Å². The summed E-state index contributed by atoms with van der Waals surface area (Å²) in [6.07, 6.45) is 0.413. The number of hydrogen-bond acceptors (Lipinski definition) is 8. The first-order chi connectivity index (χ1) is 14.0. The maximum absolute atomic E-state index is 14.7. The van der Waals surface area contributed by atoms with Crippen molar-refractivity contribution < 1.29 is 18.7 Å². The van der Waals surface area contributed by atoms with Crippen LogP contribution in [-0.4, -0.2) is 56.4 Å². The fourth-order valence-electron chi connectivity index (χ4n) is 2.87. The maximum Gasteiger partial charge on any atom is 0.414 e. The number of benzene rings is 1. The van der Waals surface area contributed by atoms with Crippen molar-refractivity contribution in [2.45, 2.75) is 19.6 Å². The molecular weight excluding hydrogens is 401 g/mol. The van der Waals surface area contributed by atoms with Crippen LogP contribution in [0.1, 0.15) is 11.9 Å². The number of thiazole rings is 1. The van der Waals surface area contributed by atoms with Crippen molar-refractivity contribution in [3.05, 3.63) is 40.7 Å². The summed E-state index contributed by atoms with van der Waals surface area (Å²) < 4.78 is 21.5. The molecule has 150 valence electrons. The maximum atomic E-state index is 14.7. The predicted octanol–water partition coefficient (Wildman–Crippen LogP) is 1.45. The Morgan fingerprint density at radius 3 is 3.03 bits per heavy atom. The summed E-state index contributed by atoms with van der Waals surface area (Å²) in [4.78, 5) is 28.9. The van der Waals surface area contributed by atoms with Crippen LogP contribution in [0.3, 0.4) is 0 Å². The molecule has 2 amide bonds. The molecular formula is C17H16FN7O3S. The quantitative estimate of drug-likeness (QED) is 0.645. The second-order valence-corrected chi connectivity index (χ2v) is 7.29. The average molecular weight is 417 g/mol. The summed E-state index contributed by atoms with van der Waals surface area (Å²) >= 11 is 1.38. The second kappa shape index (κ2) is 7.91. The Morgan fingerprint density at radius 1 is 1.45 bits per heavy atom. The molecule has 3 heterocycles. The third-order valence-corrected chi connectivity index (χ3v) is 5.07. The number of hydrogen-bond donors (Lipinski definition) is 1. The zero-order chi connectivity index (χ0) is 20.4. The van der Waals surface area contributed by atoms with Gasteiger partial charge in [-0.2, -0.15) is 0 Å². The third kappa shape index (κ3) is 4.21. The van der Waals surface area contributed by atoms with E-state index >= 15 is 0 Å². The lowest BCUT2D eigenvalue weighted by Gasteiger charge is -2.14. The molecule has 3 aromatic rings. The highest BCUT2D eigenvalue weighted by Crippen LogP contribution is 2.30. The molecule has 0 spiro atoms. The number of halogens is 1. The number of carbonyl (C=O) groups is 2. The Kier molecular flexibility index (Phi) is 5.16. The minimum absolute atomic E-state index is 0.209. The first kappa shape index (κ1) is 18.9. The molecule has 29 heavy (non-hydrogen) atoms. The molecule has 4 rings (SSSR count). The smallest absolute Gasteiger partial charge is 0.414 e. The number of tetrazole rings is 1. The van der Waals surface area contributed by atoms with Gasteiger partial charge < -0.3 is 10.1 Å². The highest BCUT2D eigenvalue weighted by molar-refractivity contribution is 7.09. The summed E-state index contributed by atoms with van der Waals surface area (Å²) in [7, 11) is 0. The van der Waals surface area contributed by atoms with Gasteiger partial charge in [0, 0.05) is 17.9 Å². The van der Waals surface area contributed by atoms with E-state index in [-0.39, 0.29) is 19.0 Å². The molecule has 1 fully saturated rings. The molecule has 0 bridgehead atoms. The zero-order valence-corrected chi connectivity index (χ0v) is 16.1. The van der Waals surface area contributed by atoms with Gasteiger partial charge in [0.15, 0.2) is 0 Å². The first-order valence-electron chi connectivity index (χ1n) is 8.67. The molecule has 1 atom stereocenters. The van der Waals surface area contributed by atoms with E-state index in [1.54, 1.807) is 17.5 Å². The number of cyclic esters (lactones) is 1. The monoisotopic (exact) mass is 417 g/mol. The summed E-state index contributed by atoms with van der Waals surface area (Å²) in [5.41, 5.74) is 1.20. The highest BCUT2D eigenvalue weighted by Gasteiger charge is 2.32. The number of ether oxygens (including phenoxy) is 1. The molecule has 1 aliphatic heterocycles. The number of rotatable bonds is 6. The highest BCUT2D eigenvalue weighted by atomic mass is 32.1. The van der Waals surface area contributed by atoms with Crippen molar-refractivity contribution in [2.75, 3.05) is 18.0 Å². The van der Waals surface area contributed by atoms with E-state index in [0.29, 0.717) is 23.5 Å². The zero-order valence-electron chi connectivity index (χ0n) is 15.3. The Hall–Kier alpha value is -3.41. The van der Waals surface area contributed by atoms with Crippen molar-refractivity contribution in [1.29, 1.82) is 0 Å². The lowest BCUT2D eigenvalue weighted by Crippen LogP contribution is -2.33. The standard InChI is InChI=1S/C17H16FN7O3S/c1-10(26)19-5-12-6-25(17(27)28-12)11-2-3-13(14(18)4-11)15-8-29-16(21-15)7-24-9-20-22-23-24/h2-4,8-9,12H,5-7H2,1H3,(H,19,26). The molecule has 10 nitrogen and oxygen atoms in total. The lowest BCUT2D eigenvalue weighted by molar-refractivity contribution is -0.119. The van der Waals surface area contributed by atoms with Gasteiger partial charge in [0.05, 0.1) is 31.0 Å². The fraction of sp³-hybridized carbons (Fsp3) is 0.294. The van der Waals surface area contributed by atoms with E-state index < -0.39 is 18.0 Å². The van der Waals surface area contributed by atoms with Gasteiger partial charge >= 0.3 is 6.09 Å². The summed E-state index contributed by atoms with van der Waals surface area (Å²) in [5.74, 6) is -0.711. The van der Waals surface area contributed by atoms with Crippen LogP contribution in [0.2, 0.25) is 0 Å². The van der Waals surface area contributed by atoms with Crippen LogP contribution in [0, 0.1) is 5.82 Å². The largest absolute Gasteiger partial charge is 0.442 e. The Balaban J connectivity index is 1.48.